The summed E-state index contributed by atoms with van der Waals surface area (Å²) in [5.41, 5.74) is 4.33. The van der Waals surface area contributed by atoms with E-state index in [0.29, 0.717) is 18.1 Å². The first-order valence-electron chi connectivity index (χ1n) is 8.16. The molecule has 1 aliphatic rings. The predicted octanol–water partition coefficient (Wildman–Crippen LogP) is 4.47. The number of H-pyrrole nitrogens is 1. The molecule has 6 heteroatoms. The molecule has 0 aliphatic carbocycles. The maximum atomic E-state index is 12.5. The van der Waals surface area contributed by atoms with Crippen LogP contribution in [-0.2, 0) is 17.8 Å². The van der Waals surface area contributed by atoms with Crippen LogP contribution < -0.4 is 5.32 Å². The molecule has 0 saturated carbocycles. The molecular formula is C19H17Cl2N3O. The van der Waals surface area contributed by atoms with Gasteiger partial charge in [0.05, 0.1) is 13.1 Å². The molecule has 1 aliphatic heterocycles. The van der Waals surface area contributed by atoms with Crippen LogP contribution in [0, 0.1) is 0 Å². The van der Waals surface area contributed by atoms with Crippen molar-refractivity contribution in [3.8, 4) is 0 Å². The lowest BCUT2D eigenvalue weighted by Crippen LogP contribution is -2.39. The van der Waals surface area contributed by atoms with Crippen LogP contribution in [0.4, 0.5) is 5.69 Å². The Morgan fingerprint density at radius 1 is 1.12 bits per heavy atom. The molecule has 0 bridgehead atoms. The van der Waals surface area contributed by atoms with Gasteiger partial charge in [0.25, 0.3) is 0 Å². The molecule has 0 spiro atoms. The molecule has 128 valence electrons. The maximum absolute atomic E-state index is 12.5. The Bertz CT molecular complexity index is 934. The summed E-state index contributed by atoms with van der Waals surface area (Å²) in [6.07, 6.45) is 0.836. The second kappa shape index (κ2) is 6.62. The number of aromatic nitrogens is 1. The van der Waals surface area contributed by atoms with Crippen molar-refractivity contribution in [1.29, 1.82) is 0 Å². The summed E-state index contributed by atoms with van der Waals surface area (Å²) < 4.78 is 0. The number of carbonyl (C=O) groups is 1. The predicted molar refractivity (Wildman–Crippen MR) is 102 cm³/mol. The van der Waals surface area contributed by atoms with Gasteiger partial charge in [-0.1, -0.05) is 23.2 Å². The molecule has 0 fully saturated rings. The molecule has 3 aromatic rings. The first kappa shape index (κ1) is 16.3. The monoisotopic (exact) mass is 373 g/mol. The molecule has 0 unspecified atom stereocenters. The van der Waals surface area contributed by atoms with Gasteiger partial charge in [0.15, 0.2) is 0 Å². The molecule has 0 saturated heterocycles. The molecule has 2 N–H and O–H groups in total. The Hall–Kier alpha value is -2.17. The fourth-order valence-corrected chi connectivity index (χ4v) is 3.58. The van der Waals surface area contributed by atoms with Gasteiger partial charge in [0.1, 0.15) is 0 Å². The number of amides is 1. The zero-order valence-electron chi connectivity index (χ0n) is 13.5. The number of nitrogens with one attached hydrogen (secondary N) is 2. The van der Waals surface area contributed by atoms with Crippen molar-refractivity contribution in [1.82, 2.24) is 9.88 Å². The highest BCUT2D eigenvalue weighted by Crippen LogP contribution is 2.29. The normalized spacial score (nSPS) is 13.8. The lowest BCUT2D eigenvalue weighted by Gasteiger charge is -2.27. The minimum absolute atomic E-state index is 0.0808. The molecular weight excluding hydrogens is 357 g/mol. The number of hydrogen-bond donors (Lipinski definition) is 2. The van der Waals surface area contributed by atoms with E-state index in [4.69, 9.17) is 23.2 Å². The Morgan fingerprint density at radius 2 is 1.88 bits per heavy atom. The summed E-state index contributed by atoms with van der Waals surface area (Å²) >= 11 is 12.0. The largest absolute Gasteiger partial charge is 0.376 e. The van der Waals surface area contributed by atoms with Gasteiger partial charge in [-0.3, -0.25) is 4.79 Å². The van der Waals surface area contributed by atoms with E-state index < -0.39 is 0 Å². The fourth-order valence-electron chi connectivity index (χ4n) is 3.28. The van der Waals surface area contributed by atoms with E-state index in [1.165, 1.54) is 5.56 Å². The first-order valence-corrected chi connectivity index (χ1v) is 8.92. The number of aromatic amines is 1. The minimum Gasteiger partial charge on any atom is -0.376 e. The van der Waals surface area contributed by atoms with Crippen molar-refractivity contribution in [2.45, 2.75) is 13.0 Å². The quantitative estimate of drug-likeness (QED) is 0.711. The molecule has 2 heterocycles. The summed E-state index contributed by atoms with van der Waals surface area (Å²) in [6, 6.07) is 13.2. The van der Waals surface area contributed by atoms with E-state index >= 15 is 0 Å². The standard InChI is InChI=1S/C19H17Cl2N3O/c20-12-1-4-14(5-2-12)22-10-19(25)24-8-7-15-16-9-13(21)3-6-17(16)23-18(15)11-24/h1-6,9,22-23H,7-8,10-11H2. The van der Waals surface area contributed by atoms with Gasteiger partial charge in [-0.15, -0.1) is 0 Å². The van der Waals surface area contributed by atoms with E-state index in [2.05, 4.69) is 10.3 Å². The molecule has 0 atom stereocenters. The average molecular weight is 374 g/mol. The number of halogens is 2. The van der Waals surface area contributed by atoms with E-state index in [1.807, 2.05) is 35.2 Å². The summed E-state index contributed by atoms with van der Waals surface area (Å²) in [5, 5.41) is 5.73. The fraction of sp³-hybridized carbons (Fsp3) is 0.211. The van der Waals surface area contributed by atoms with Gasteiger partial charge < -0.3 is 15.2 Å². The van der Waals surface area contributed by atoms with Crippen LogP contribution in [0.25, 0.3) is 10.9 Å². The number of anilines is 1. The average Bonchev–Trinajstić information content (AvgIpc) is 2.98. The van der Waals surface area contributed by atoms with Crippen molar-refractivity contribution in [3.63, 3.8) is 0 Å². The van der Waals surface area contributed by atoms with Gasteiger partial charge in [-0.05, 0) is 54.4 Å². The van der Waals surface area contributed by atoms with Crippen molar-refractivity contribution < 1.29 is 4.79 Å². The van der Waals surface area contributed by atoms with Gasteiger partial charge >= 0.3 is 0 Å². The second-order valence-corrected chi connectivity index (χ2v) is 7.07. The molecule has 4 nitrogen and oxygen atoms in total. The van der Waals surface area contributed by atoms with Gasteiger partial charge in [-0.2, -0.15) is 0 Å². The third kappa shape index (κ3) is 3.32. The van der Waals surface area contributed by atoms with Crippen molar-refractivity contribution in [2.75, 3.05) is 18.4 Å². The zero-order chi connectivity index (χ0) is 17.4. The Labute approximate surface area is 155 Å². The highest BCUT2D eigenvalue weighted by molar-refractivity contribution is 6.31. The highest BCUT2D eigenvalue weighted by atomic mass is 35.5. The van der Waals surface area contributed by atoms with E-state index in [-0.39, 0.29) is 12.5 Å². The number of benzene rings is 2. The van der Waals surface area contributed by atoms with Gasteiger partial charge in [0, 0.05) is 38.9 Å². The van der Waals surface area contributed by atoms with Gasteiger partial charge in [-0.25, -0.2) is 0 Å². The van der Waals surface area contributed by atoms with Crippen LogP contribution in [0.5, 0.6) is 0 Å². The van der Waals surface area contributed by atoms with Crippen LogP contribution in [0.3, 0.4) is 0 Å². The Morgan fingerprint density at radius 3 is 2.68 bits per heavy atom. The third-order valence-electron chi connectivity index (χ3n) is 4.58. The highest BCUT2D eigenvalue weighted by Gasteiger charge is 2.23. The first-order chi connectivity index (χ1) is 12.1. The van der Waals surface area contributed by atoms with Crippen molar-refractivity contribution in [2.24, 2.45) is 0 Å². The van der Waals surface area contributed by atoms with Crippen LogP contribution >= 0.6 is 23.2 Å². The van der Waals surface area contributed by atoms with E-state index in [1.54, 1.807) is 12.1 Å². The smallest absolute Gasteiger partial charge is 0.242 e. The Kier molecular flexibility index (Phi) is 4.32. The lowest BCUT2D eigenvalue weighted by molar-refractivity contribution is -0.130. The number of rotatable bonds is 3. The van der Waals surface area contributed by atoms with Crippen LogP contribution in [0.2, 0.25) is 10.0 Å². The van der Waals surface area contributed by atoms with E-state index in [9.17, 15) is 4.79 Å². The second-order valence-electron chi connectivity index (χ2n) is 6.20. The zero-order valence-corrected chi connectivity index (χ0v) is 15.0. The molecule has 0 radical (unpaired) electrons. The third-order valence-corrected chi connectivity index (χ3v) is 5.07. The molecule has 1 amide bonds. The number of carbonyl (C=O) groups excluding carboxylic acids is 1. The summed E-state index contributed by atoms with van der Waals surface area (Å²) in [6.45, 7) is 1.58. The number of nitrogens with zero attached hydrogens (tertiary/aromatic N) is 1. The van der Waals surface area contributed by atoms with Crippen LogP contribution in [0.1, 0.15) is 11.3 Å². The summed E-state index contributed by atoms with van der Waals surface area (Å²) in [4.78, 5) is 17.8. The number of fused-ring (bicyclic) bond motifs is 3. The lowest BCUT2D eigenvalue weighted by atomic mass is 10.0. The summed E-state index contributed by atoms with van der Waals surface area (Å²) in [5.74, 6) is 0.0808. The topological polar surface area (TPSA) is 48.1 Å². The molecule has 4 rings (SSSR count). The number of hydrogen-bond acceptors (Lipinski definition) is 2. The molecule has 1 aromatic heterocycles. The van der Waals surface area contributed by atoms with Crippen LogP contribution in [-0.4, -0.2) is 28.9 Å². The van der Waals surface area contributed by atoms with Gasteiger partial charge in [0.2, 0.25) is 5.91 Å². The summed E-state index contributed by atoms with van der Waals surface area (Å²) in [7, 11) is 0. The van der Waals surface area contributed by atoms with Crippen LogP contribution in [0.15, 0.2) is 42.5 Å². The van der Waals surface area contributed by atoms with E-state index in [0.717, 1.165) is 33.7 Å². The molecule has 2 aromatic carbocycles. The Balaban J connectivity index is 1.45. The molecule has 25 heavy (non-hydrogen) atoms. The van der Waals surface area contributed by atoms with Crippen molar-refractivity contribution in [3.05, 3.63) is 63.8 Å². The van der Waals surface area contributed by atoms with Crippen molar-refractivity contribution >= 4 is 45.7 Å². The minimum atomic E-state index is 0.0808. The maximum Gasteiger partial charge on any atom is 0.242 e. The SMILES string of the molecule is O=C(CNc1ccc(Cl)cc1)N1CCc2c([nH]c3ccc(Cl)cc23)C1.